The lowest BCUT2D eigenvalue weighted by Crippen LogP contribution is -2.55. The second-order valence-electron chi connectivity index (χ2n) is 11.1. The average Bonchev–Trinajstić information content (AvgIpc) is 3.20. The summed E-state index contributed by atoms with van der Waals surface area (Å²) in [7, 11) is 0. The average molecular weight is 553 g/mol. The van der Waals surface area contributed by atoms with E-state index in [4.69, 9.17) is 4.74 Å². The fraction of sp³-hybridized carbons (Fsp3) is 0.552. The van der Waals surface area contributed by atoms with E-state index < -0.39 is 27.4 Å². The van der Waals surface area contributed by atoms with E-state index in [1.807, 2.05) is 60.4 Å². The first-order valence-corrected chi connectivity index (χ1v) is 14.6. The van der Waals surface area contributed by atoms with Crippen LogP contribution in [-0.4, -0.2) is 119 Å². The number of morpholine rings is 1. The van der Waals surface area contributed by atoms with Crippen LogP contribution in [0.25, 0.3) is 0 Å². The van der Waals surface area contributed by atoms with E-state index in [0.29, 0.717) is 32.8 Å². The molecule has 1 unspecified atom stereocenters. The minimum atomic E-state index is -0.893. The Labute approximate surface area is 233 Å². The van der Waals surface area contributed by atoms with Gasteiger partial charge in [-0.1, -0.05) is 42.5 Å². The molecule has 5 aliphatic rings. The summed E-state index contributed by atoms with van der Waals surface area (Å²) < 4.78 is 3.91. The van der Waals surface area contributed by atoms with E-state index in [2.05, 4.69) is 11.0 Å². The number of nitrogens with zero attached hydrogens (tertiary/aromatic N) is 4. The molecule has 0 bridgehead atoms. The molecule has 0 aromatic heterocycles. The molecular weight excluding hydrogens is 516 g/mol. The Bertz CT molecular complexity index is 1190. The third-order valence-electron chi connectivity index (χ3n) is 8.84. The number of anilines is 1. The van der Waals surface area contributed by atoms with Crippen LogP contribution in [0.4, 0.5) is 5.69 Å². The van der Waals surface area contributed by atoms with E-state index in [0.717, 1.165) is 25.3 Å². The third kappa shape index (κ3) is 4.32. The van der Waals surface area contributed by atoms with Crippen LogP contribution in [0.3, 0.4) is 0 Å². The van der Waals surface area contributed by atoms with Crippen molar-refractivity contribution in [2.24, 2.45) is 11.8 Å². The quantitative estimate of drug-likeness (QED) is 0.527. The number of amides is 3. The number of hydrogen-bond donors (Lipinski definition) is 1. The maximum absolute atomic E-state index is 14.3. The molecule has 5 heterocycles. The molecule has 0 aliphatic carbocycles. The lowest BCUT2D eigenvalue weighted by atomic mass is 9.74. The van der Waals surface area contributed by atoms with Gasteiger partial charge in [-0.25, -0.2) is 0 Å². The zero-order chi connectivity index (χ0) is 27.2. The van der Waals surface area contributed by atoms with Crippen molar-refractivity contribution >= 4 is 35.2 Å². The van der Waals surface area contributed by atoms with Crippen molar-refractivity contribution in [3.63, 3.8) is 0 Å². The molecule has 208 valence electrons. The number of carbonyl (C=O) groups excluding carboxylic acids is 3. The monoisotopic (exact) mass is 552 g/mol. The Balaban J connectivity index is 1.36. The lowest BCUT2D eigenvalue weighted by Gasteiger charge is -2.37. The predicted molar refractivity (Wildman–Crippen MR) is 149 cm³/mol. The van der Waals surface area contributed by atoms with E-state index in [9.17, 15) is 19.5 Å². The molecule has 3 fully saturated rings. The number of carbonyl (C=O) groups is 3. The highest BCUT2D eigenvalue weighted by atomic mass is 32.2. The van der Waals surface area contributed by atoms with Gasteiger partial charge in [0.05, 0.1) is 36.4 Å². The number of thioether (sulfide) groups is 1. The van der Waals surface area contributed by atoms with Crippen molar-refractivity contribution in [3.05, 3.63) is 54.6 Å². The van der Waals surface area contributed by atoms with Crippen LogP contribution in [0.15, 0.2) is 54.6 Å². The van der Waals surface area contributed by atoms with E-state index in [1.54, 1.807) is 21.6 Å². The van der Waals surface area contributed by atoms with Gasteiger partial charge in [-0.2, -0.15) is 0 Å². The molecule has 1 aromatic carbocycles. The van der Waals surface area contributed by atoms with Gasteiger partial charge in [0.1, 0.15) is 6.04 Å². The highest BCUT2D eigenvalue weighted by molar-refractivity contribution is 8.02. The molecule has 1 N–H and O–H groups in total. The van der Waals surface area contributed by atoms with E-state index >= 15 is 0 Å². The molecule has 3 amide bonds. The van der Waals surface area contributed by atoms with Crippen LogP contribution in [0.1, 0.15) is 6.92 Å². The molecule has 3 saturated heterocycles. The highest BCUT2D eigenvalue weighted by Crippen LogP contribution is 2.65. The Morgan fingerprint density at radius 1 is 0.923 bits per heavy atom. The number of rotatable bonds is 6. The summed E-state index contributed by atoms with van der Waals surface area (Å²) in [6.45, 7) is 7.08. The summed E-state index contributed by atoms with van der Waals surface area (Å²) >= 11 is 1.57. The van der Waals surface area contributed by atoms with Crippen LogP contribution >= 0.6 is 11.8 Å². The van der Waals surface area contributed by atoms with E-state index in [1.165, 1.54) is 0 Å². The van der Waals surface area contributed by atoms with Crippen molar-refractivity contribution in [2.45, 2.75) is 22.5 Å². The number of para-hydroxylation sites is 1. The molecule has 6 rings (SSSR count). The van der Waals surface area contributed by atoms with Crippen molar-refractivity contribution < 1.29 is 24.2 Å². The van der Waals surface area contributed by atoms with Gasteiger partial charge in [-0.3, -0.25) is 19.3 Å². The molecule has 0 saturated carbocycles. The first-order chi connectivity index (χ1) is 18.9. The summed E-state index contributed by atoms with van der Waals surface area (Å²) in [6, 6.07) is 8.76. The largest absolute Gasteiger partial charge is 0.395 e. The normalized spacial score (nSPS) is 34.7. The zero-order valence-corrected chi connectivity index (χ0v) is 23.1. The fourth-order valence-corrected chi connectivity index (χ4v) is 9.20. The summed E-state index contributed by atoms with van der Waals surface area (Å²) in [4.78, 5) is 50.1. The second-order valence-corrected chi connectivity index (χ2v) is 12.9. The standard InChI is InChI=1S/C29H36N4O5S/c1-28-9-5-12-32(21-7-3-2-4-8-21)25(35)22(28)23-26(36)33(15-18-34)24-27(37)31(11-6-10-29(23,24)39-28)14-13-30-16-19-38-20-17-30/h2-10,22-24,34H,11-20H2,1H3/t22-,23+,24?,28+,29+/m1/s1. The van der Waals surface area contributed by atoms with Crippen molar-refractivity contribution in [2.75, 3.05) is 70.5 Å². The van der Waals surface area contributed by atoms with Crippen LogP contribution in [0.5, 0.6) is 0 Å². The first-order valence-electron chi connectivity index (χ1n) is 13.8. The van der Waals surface area contributed by atoms with Crippen LogP contribution in [0, 0.1) is 11.8 Å². The molecule has 1 aromatic rings. The second kappa shape index (κ2) is 10.4. The minimum absolute atomic E-state index is 0.0645. The molecule has 5 aliphatic heterocycles. The molecule has 0 radical (unpaired) electrons. The molecule has 5 atom stereocenters. The number of benzene rings is 1. The lowest BCUT2D eigenvalue weighted by molar-refractivity contribution is -0.143. The zero-order valence-electron chi connectivity index (χ0n) is 22.3. The topological polar surface area (TPSA) is 93.6 Å². The molecule has 1 spiro atoms. The van der Waals surface area contributed by atoms with Gasteiger partial charge in [0.2, 0.25) is 17.7 Å². The smallest absolute Gasteiger partial charge is 0.247 e. The predicted octanol–water partition coefficient (Wildman–Crippen LogP) is 1.000. The van der Waals surface area contributed by atoms with Gasteiger partial charge in [0.15, 0.2) is 0 Å². The van der Waals surface area contributed by atoms with Crippen LogP contribution in [-0.2, 0) is 19.1 Å². The molecule has 39 heavy (non-hydrogen) atoms. The molecule has 9 nitrogen and oxygen atoms in total. The summed E-state index contributed by atoms with van der Waals surface area (Å²) in [5, 5.41) is 9.91. The summed E-state index contributed by atoms with van der Waals surface area (Å²) in [5.74, 6) is -1.78. The minimum Gasteiger partial charge on any atom is -0.395 e. The van der Waals surface area contributed by atoms with Gasteiger partial charge in [0.25, 0.3) is 0 Å². The van der Waals surface area contributed by atoms with Gasteiger partial charge in [-0.05, 0) is 19.1 Å². The number of hydrogen-bond acceptors (Lipinski definition) is 7. The summed E-state index contributed by atoms with van der Waals surface area (Å²) in [6.07, 6.45) is 8.11. The van der Waals surface area contributed by atoms with Gasteiger partial charge in [-0.15, -0.1) is 11.8 Å². The number of aliphatic hydroxyl groups excluding tert-OH is 1. The first kappa shape index (κ1) is 26.6. The van der Waals surface area contributed by atoms with Crippen molar-refractivity contribution in [1.29, 1.82) is 0 Å². The SMILES string of the molecule is C[C@]12C=CCN(c3ccccc3)C(=O)[C@H]1[C@H]1C(=O)N(CCO)C3C(=O)N(CCN4CCOCC4)CC=C[C@@]31S2. The number of ether oxygens (including phenoxy) is 1. The Morgan fingerprint density at radius 2 is 1.67 bits per heavy atom. The van der Waals surface area contributed by atoms with E-state index in [-0.39, 0.29) is 30.9 Å². The van der Waals surface area contributed by atoms with Gasteiger partial charge < -0.3 is 24.5 Å². The Kier molecular flexibility index (Phi) is 7.07. The number of likely N-dealkylation sites (tertiary alicyclic amines) is 1. The maximum Gasteiger partial charge on any atom is 0.247 e. The Morgan fingerprint density at radius 3 is 2.41 bits per heavy atom. The van der Waals surface area contributed by atoms with Crippen LogP contribution < -0.4 is 4.90 Å². The molecular formula is C29H36N4O5S. The molecule has 10 heteroatoms. The number of β-amino-alcohol motifs (C(OH)–C–C–N with tert-alkyl or cyclic N) is 1. The number of fused-ring (bicyclic) bond motifs is 2. The Hall–Kier alpha value is -2.66. The van der Waals surface area contributed by atoms with Gasteiger partial charge in [0, 0.05) is 56.2 Å². The maximum atomic E-state index is 14.3. The fourth-order valence-electron chi connectivity index (χ4n) is 7.04. The highest BCUT2D eigenvalue weighted by Gasteiger charge is 2.73. The third-order valence-corrected chi connectivity index (χ3v) is 10.6. The van der Waals surface area contributed by atoms with Crippen molar-refractivity contribution in [3.8, 4) is 0 Å². The summed E-state index contributed by atoms with van der Waals surface area (Å²) in [5.41, 5.74) is 0.790. The van der Waals surface area contributed by atoms with Crippen molar-refractivity contribution in [1.82, 2.24) is 14.7 Å². The number of aliphatic hydroxyl groups is 1. The van der Waals surface area contributed by atoms with Crippen LogP contribution in [0.2, 0.25) is 0 Å². The van der Waals surface area contributed by atoms with Gasteiger partial charge >= 0.3 is 0 Å².